The summed E-state index contributed by atoms with van der Waals surface area (Å²) in [6.45, 7) is 7.45. The number of aryl methyl sites for hydroxylation is 1. The molecular formula is C33H29Cl2N3O7S. The molecule has 0 unspecified atom stereocenters. The topological polar surface area (TPSA) is 122 Å². The van der Waals surface area contributed by atoms with Gasteiger partial charge in [0, 0.05) is 16.7 Å². The molecular weight excluding hydrogens is 653 g/mol. The molecule has 46 heavy (non-hydrogen) atoms. The predicted molar refractivity (Wildman–Crippen MR) is 177 cm³/mol. The molecule has 5 rings (SSSR count). The van der Waals surface area contributed by atoms with E-state index in [2.05, 4.69) is 4.99 Å². The van der Waals surface area contributed by atoms with Crippen molar-refractivity contribution in [3.8, 4) is 11.5 Å². The van der Waals surface area contributed by atoms with Crippen LogP contribution >= 0.6 is 34.5 Å². The molecule has 2 heterocycles. The number of rotatable bonds is 10. The molecule has 1 aromatic heterocycles. The van der Waals surface area contributed by atoms with Crippen molar-refractivity contribution in [1.82, 2.24) is 4.57 Å². The Morgan fingerprint density at radius 2 is 1.80 bits per heavy atom. The first-order valence-electron chi connectivity index (χ1n) is 14.3. The number of nitro groups is 1. The summed E-state index contributed by atoms with van der Waals surface area (Å²) in [6, 6.07) is 14.3. The molecule has 0 saturated carbocycles. The Hall–Kier alpha value is -4.45. The van der Waals surface area contributed by atoms with Crippen LogP contribution in [0.25, 0.3) is 6.08 Å². The van der Waals surface area contributed by atoms with Crippen molar-refractivity contribution in [1.29, 1.82) is 0 Å². The fraction of sp³-hybridized carbons (Fsp3) is 0.242. The van der Waals surface area contributed by atoms with Crippen LogP contribution in [0, 0.1) is 17.0 Å². The van der Waals surface area contributed by atoms with Gasteiger partial charge in [0.15, 0.2) is 16.3 Å². The molecule has 238 valence electrons. The van der Waals surface area contributed by atoms with Crippen LogP contribution in [-0.2, 0) is 16.1 Å². The molecule has 0 amide bonds. The first-order valence-corrected chi connectivity index (χ1v) is 15.9. The number of halogens is 2. The number of esters is 1. The number of hydrogen-bond donors (Lipinski definition) is 0. The van der Waals surface area contributed by atoms with Gasteiger partial charge in [-0.1, -0.05) is 58.8 Å². The first kappa shape index (κ1) is 32.9. The van der Waals surface area contributed by atoms with Crippen LogP contribution in [-0.4, -0.2) is 28.7 Å². The third-order valence-corrected chi connectivity index (χ3v) is 8.70. The van der Waals surface area contributed by atoms with Crippen LogP contribution in [0.5, 0.6) is 11.5 Å². The number of carbonyl (C=O) groups is 1. The predicted octanol–water partition coefficient (Wildman–Crippen LogP) is 6.30. The summed E-state index contributed by atoms with van der Waals surface area (Å²) in [7, 11) is 0. The molecule has 1 atom stereocenters. The largest absolute Gasteiger partial charge is 0.490 e. The van der Waals surface area contributed by atoms with Crippen LogP contribution in [0.3, 0.4) is 0 Å². The van der Waals surface area contributed by atoms with Crippen molar-refractivity contribution in [2.45, 2.75) is 40.3 Å². The molecule has 0 radical (unpaired) electrons. The second kappa shape index (κ2) is 13.9. The van der Waals surface area contributed by atoms with Crippen molar-refractivity contribution < 1.29 is 23.9 Å². The molecule has 1 aliphatic rings. The van der Waals surface area contributed by atoms with Crippen molar-refractivity contribution in [2.24, 2.45) is 4.99 Å². The van der Waals surface area contributed by atoms with Crippen LogP contribution in [0.4, 0.5) is 5.69 Å². The van der Waals surface area contributed by atoms with E-state index in [4.69, 9.17) is 37.4 Å². The summed E-state index contributed by atoms with van der Waals surface area (Å²) >= 11 is 13.8. The SMILES string of the molecule is CCOC(=O)C1=C(C)N=c2s/c(=C/c3cc(Cl)c(OCc4ccc(Cl)cc4)c(OCC)c3)c(=O)n2[C@@H]1c1ccc(C)c([N+](=O)[O-])c1. The van der Waals surface area contributed by atoms with Gasteiger partial charge < -0.3 is 14.2 Å². The molecule has 0 aliphatic carbocycles. The maximum atomic E-state index is 14.0. The number of carbonyl (C=O) groups excluding carboxylic acids is 1. The molecule has 0 saturated heterocycles. The second-order valence-corrected chi connectivity index (χ2v) is 12.1. The number of aromatic nitrogens is 1. The van der Waals surface area contributed by atoms with Gasteiger partial charge in [0.1, 0.15) is 6.61 Å². The molecule has 0 spiro atoms. The van der Waals surface area contributed by atoms with Gasteiger partial charge >= 0.3 is 5.97 Å². The Morgan fingerprint density at radius 1 is 1.07 bits per heavy atom. The Kier molecular flexibility index (Phi) is 9.95. The zero-order chi connectivity index (χ0) is 33.1. The monoisotopic (exact) mass is 681 g/mol. The van der Waals surface area contributed by atoms with Gasteiger partial charge in [0.25, 0.3) is 11.2 Å². The summed E-state index contributed by atoms with van der Waals surface area (Å²) in [5, 5.41) is 12.7. The zero-order valence-electron chi connectivity index (χ0n) is 25.3. The Balaban J connectivity index is 1.61. The number of fused-ring (bicyclic) bond motifs is 1. The van der Waals surface area contributed by atoms with Crippen molar-refractivity contribution in [3.63, 3.8) is 0 Å². The minimum absolute atomic E-state index is 0.100. The van der Waals surface area contributed by atoms with Gasteiger partial charge in [-0.05, 0) is 74.7 Å². The highest BCUT2D eigenvalue weighted by Crippen LogP contribution is 2.38. The minimum Gasteiger partial charge on any atom is -0.490 e. The molecule has 0 N–H and O–H groups in total. The number of ether oxygens (including phenoxy) is 3. The summed E-state index contributed by atoms with van der Waals surface area (Å²) in [4.78, 5) is 43.4. The highest BCUT2D eigenvalue weighted by Gasteiger charge is 2.34. The second-order valence-electron chi connectivity index (χ2n) is 10.3. The Bertz CT molecular complexity index is 2050. The number of thiazole rings is 1. The van der Waals surface area contributed by atoms with E-state index in [1.54, 1.807) is 63.2 Å². The van der Waals surface area contributed by atoms with Gasteiger partial charge in [-0.2, -0.15) is 0 Å². The minimum atomic E-state index is -0.997. The van der Waals surface area contributed by atoms with Gasteiger partial charge in [-0.15, -0.1) is 0 Å². The van der Waals surface area contributed by atoms with E-state index < -0.39 is 22.5 Å². The smallest absolute Gasteiger partial charge is 0.338 e. The first-order chi connectivity index (χ1) is 22.0. The molecule has 3 aromatic carbocycles. The van der Waals surface area contributed by atoms with E-state index in [1.807, 2.05) is 19.1 Å². The zero-order valence-corrected chi connectivity index (χ0v) is 27.7. The maximum absolute atomic E-state index is 14.0. The van der Waals surface area contributed by atoms with Gasteiger partial charge in [0.2, 0.25) is 0 Å². The average molecular weight is 683 g/mol. The van der Waals surface area contributed by atoms with E-state index in [-0.39, 0.29) is 29.5 Å². The van der Waals surface area contributed by atoms with Crippen LogP contribution in [0.2, 0.25) is 10.0 Å². The third-order valence-electron chi connectivity index (χ3n) is 7.19. The lowest BCUT2D eigenvalue weighted by molar-refractivity contribution is -0.385. The van der Waals surface area contributed by atoms with Crippen molar-refractivity contribution in [2.75, 3.05) is 13.2 Å². The van der Waals surface area contributed by atoms with Crippen LogP contribution in [0.15, 0.2) is 75.7 Å². The number of hydrogen-bond acceptors (Lipinski definition) is 9. The fourth-order valence-electron chi connectivity index (χ4n) is 5.06. The quantitative estimate of drug-likeness (QED) is 0.109. The summed E-state index contributed by atoms with van der Waals surface area (Å²) in [5.41, 5.74) is 2.19. The van der Waals surface area contributed by atoms with E-state index >= 15 is 0 Å². The lowest BCUT2D eigenvalue weighted by atomic mass is 9.94. The van der Waals surface area contributed by atoms with E-state index in [0.717, 1.165) is 16.9 Å². The maximum Gasteiger partial charge on any atom is 0.338 e. The molecule has 10 nitrogen and oxygen atoms in total. The average Bonchev–Trinajstić information content (AvgIpc) is 3.31. The number of allylic oxidation sites excluding steroid dienone is 1. The van der Waals surface area contributed by atoms with E-state index in [9.17, 15) is 19.7 Å². The Morgan fingerprint density at radius 3 is 2.48 bits per heavy atom. The van der Waals surface area contributed by atoms with Crippen molar-refractivity contribution in [3.05, 3.63) is 128 Å². The normalized spacial score (nSPS) is 14.5. The van der Waals surface area contributed by atoms with Crippen LogP contribution < -0.4 is 24.4 Å². The van der Waals surface area contributed by atoms with E-state index in [1.165, 1.54) is 10.6 Å². The molecule has 13 heteroatoms. The summed E-state index contributed by atoms with van der Waals surface area (Å²) in [5.74, 6) is 0.0922. The Labute approximate surface area is 277 Å². The molecule has 0 fully saturated rings. The summed E-state index contributed by atoms with van der Waals surface area (Å²) < 4.78 is 18.9. The number of nitrogens with zero attached hydrogens (tertiary/aromatic N) is 3. The van der Waals surface area contributed by atoms with Crippen molar-refractivity contribution >= 4 is 52.3 Å². The number of benzene rings is 3. The highest BCUT2D eigenvalue weighted by molar-refractivity contribution is 7.07. The standard InChI is InChI=1S/C33H29Cl2N3O7S/c1-5-43-26-14-21(13-24(35)30(26)45-17-20-8-11-23(34)12-9-20)15-27-31(39)37-29(22-10-7-18(3)25(16-22)38(41)42)28(32(40)44-6-2)19(4)36-33(37)46-27/h7-16,29H,5-6,17H2,1-4H3/b27-15+/t29-/m1/s1. The lowest BCUT2D eigenvalue weighted by Crippen LogP contribution is -2.40. The lowest BCUT2D eigenvalue weighted by Gasteiger charge is -2.24. The highest BCUT2D eigenvalue weighted by atomic mass is 35.5. The molecule has 4 aromatic rings. The third kappa shape index (κ3) is 6.72. The van der Waals surface area contributed by atoms with Crippen LogP contribution in [0.1, 0.15) is 49.1 Å². The fourth-order valence-corrected chi connectivity index (χ4v) is 6.51. The van der Waals surface area contributed by atoms with E-state index in [0.29, 0.717) is 54.8 Å². The molecule has 0 bridgehead atoms. The number of nitro benzene ring substituents is 1. The summed E-state index contributed by atoms with van der Waals surface area (Å²) in [6.07, 6.45) is 1.65. The van der Waals surface area contributed by atoms with Gasteiger partial charge in [-0.3, -0.25) is 19.5 Å². The molecule has 1 aliphatic heterocycles. The van der Waals surface area contributed by atoms with Gasteiger partial charge in [-0.25, -0.2) is 9.79 Å². The van der Waals surface area contributed by atoms with Gasteiger partial charge in [0.05, 0.1) is 45.0 Å².